The molecule has 0 unspecified atom stereocenters. The molecule has 0 fully saturated rings. The first-order chi connectivity index (χ1) is 12.9. The van der Waals surface area contributed by atoms with E-state index in [1.54, 1.807) is 0 Å². The topological polar surface area (TPSA) is 49.4 Å². The molecule has 1 aliphatic heterocycles. The Bertz CT molecular complexity index is 828. The van der Waals surface area contributed by atoms with Crippen molar-refractivity contribution >= 4 is 24.9 Å². The minimum absolute atomic E-state index is 0. The molecule has 1 heterocycles. The molecule has 3 rings (SSSR count). The minimum Gasteiger partial charge on any atom is -1.00 e. The van der Waals surface area contributed by atoms with Crippen molar-refractivity contribution in [3.8, 4) is 0 Å². The third-order valence-corrected chi connectivity index (χ3v) is 3.75. The van der Waals surface area contributed by atoms with Crippen molar-refractivity contribution in [2.45, 2.75) is 12.8 Å². The van der Waals surface area contributed by atoms with E-state index in [-0.39, 0.29) is 59.0 Å². The molecule has 166 valence electrons. The van der Waals surface area contributed by atoms with E-state index in [1.807, 2.05) is 61.7 Å². The molecule has 4 bridgehead atoms. The van der Waals surface area contributed by atoms with E-state index in [4.69, 9.17) is 0 Å². The fraction of sp³-hybridized carbons (Fsp3) is 0.273. The molecular weight excluding hydrogens is 518 g/mol. The maximum Gasteiger partial charge on any atom is 1.00 e. The number of fused-ring (bicyclic) bond motifs is 1. The van der Waals surface area contributed by atoms with Gasteiger partial charge in [-0.25, -0.2) is 5.73 Å². The Morgan fingerprint density at radius 3 is 2.17 bits per heavy atom. The number of hydrogen-bond acceptors (Lipinski definition) is 4. The van der Waals surface area contributed by atoms with E-state index in [1.165, 1.54) is 0 Å². The summed E-state index contributed by atoms with van der Waals surface area (Å²) >= 11 is 0. The average Bonchev–Trinajstić information content (AvgIpc) is 2.66. The summed E-state index contributed by atoms with van der Waals surface area (Å²) in [4.78, 5) is 17.8. The normalized spacial score (nSPS) is 17.6. The molecule has 4 nitrogen and oxygen atoms in total. The Kier molecular flexibility index (Phi) is 18.8. The van der Waals surface area contributed by atoms with Gasteiger partial charge in [0.05, 0.1) is 12.4 Å². The van der Waals surface area contributed by atoms with E-state index >= 15 is 0 Å². The summed E-state index contributed by atoms with van der Waals surface area (Å²) in [6.07, 6.45) is 24.6. The molecule has 8 heteroatoms. The van der Waals surface area contributed by atoms with Crippen LogP contribution >= 0.6 is 0 Å². The molecule has 0 aromatic heterocycles. The summed E-state index contributed by atoms with van der Waals surface area (Å²) < 4.78 is 0. The van der Waals surface area contributed by atoms with Gasteiger partial charge in [0.25, 0.3) is 0 Å². The predicted octanol–water partition coefficient (Wildman–Crippen LogP) is -2.48. The van der Waals surface area contributed by atoms with Gasteiger partial charge in [-0.1, -0.05) is 11.1 Å². The van der Waals surface area contributed by atoms with Gasteiger partial charge in [-0.3, -0.25) is 15.0 Å². The average molecular weight is 540 g/mol. The Morgan fingerprint density at radius 1 is 0.800 bits per heavy atom. The molecule has 2 aliphatic carbocycles. The molecule has 0 radical (unpaired) electrons. The van der Waals surface area contributed by atoms with Crippen LogP contribution in [0.5, 0.6) is 0 Å². The van der Waals surface area contributed by atoms with Gasteiger partial charge in [0.15, 0.2) is 0 Å². The molecule has 0 amide bonds. The van der Waals surface area contributed by atoms with E-state index in [0.29, 0.717) is 0 Å². The van der Waals surface area contributed by atoms with E-state index < -0.39 is 0 Å². The fourth-order valence-electron chi connectivity index (χ4n) is 2.47. The molecule has 3 aliphatic rings. The molecule has 0 N–H and O–H groups in total. The van der Waals surface area contributed by atoms with Crippen molar-refractivity contribution in [3.05, 3.63) is 70.9 Å². The Morgan fingerprint density at radius 2 is 1.43 bits per heavy atom. The van der Waals surface area contributed by atoms with Crippen LogP contribution < -0.4 is 24.8 Å². The molecule has 0 saturated heterocycles. The standard InChI is InChI=1S/C22H22N4.2ClH.2Cu/c1-5-19-13-20(6-1)16-24-10-4-12-26-18-22-8-2-7-21(14-22)17-25-11-3-9-23-15-19;;;;/h1-2,5-8,15-18H,3-4,9-12H2;2*1H;;/q;;;2*+1/p-2. The third-order valence-electron chi connectivity index (χ3n) is 3.75. The van der Waals surface area contributed by atoms with Crippen molar-refractivity contribution in [2.24, 2.45) is 20.0 Å². The summed E-state index contributed by atoms with van der Waals surface area (Å²) in [5, 5.41) is 0. The molecule has 0 aromatic rings. The minimum atomic E-state index is 0. The summed E-state index contributed by atoms with van der Waals surface area (Å²) in [6, 6.07) is 0. The summed E-state index contributed by atoms with van der Waals surface area (Å²) in [5.41, 5.74) is 7.21. The zero-order valence-electron chi connectivity index (χ0n) is 16.2. The number of halogens is 2. The van der Waals surface area contributed by atoms with Crippen molar-refractivity contribution in [1.82, 2.24) is 0 Å². The summed E-state index contributed by atoms with van der Waals surface area (Å²) in [6.45, 7) is 3.00. The van der Waals surface area contributed by atoms with E-state index in [9.17, 15) is 0 Å². The second-order valence-electron chi connectivity index (χ2n) is 5.97. The van der Waals surface area contributed by atoms with Crippen molar-refractivity contribution < 1.29 is 59.0 Å². The second kappa shape index (κ2) is 18.3. The van der Waals surface area contributed by atoms with Gasteiger partial charge in [-0.05, 0) is 19.1 Å². The zero-order valence-corrected chi connectivity index (χ0v) is 19.6. The first-order valence-corrected chi connectivity index (χ1v) is 8.94. The number of hydrogen-bond donors (Lipinski definition) is 0. The van der Waals surface area contributed by atoms with Crippen LogP contribution in [0.1, 0.15) is 12.8 Å². The van der Waals surface area contributed by atoms with Crippen LogP contribution in [0.4, 0.5) is 0 Å². The van der Waals surface area contributed by atoms with Crippen LogP contribution in [0.15, 0.2) is 78.4 Å². The van der Waals surface area contributed by atoms with Gasteiger partial charge in [0, 0.05) is 56.7 Å². The summed E-state index contributed by atoms with van der Waals surface area (Å²) in [5.74, 6) is 0. The van der Waals surface area contributed by atoms with Gasteiger partial charge in [0.1, 0.15) is 11.1 Å². The fourth-order valence-corrected chi connectivity index (χ4v) is 2.47. The molecule has 0 spiro atoms. The van der Waals surface area contributed by atoms with Crippen molar-refractivity contribution in [3.63, 3.8) is 0 Å². The first kappa shape index (κ1) is 30.8. The van der Waals surface area contributed by atoms with Gasteiger partial charge >= 0.3 is 34.1 Å². The van der Waals surface area contributed by atoms with Crippen molar-refractivity contribution in [2.75, 3.05) is 26.2 Å². The Hall–Kier alpha value is -1.44. The smallest absolute Gasteiger partial charge is 1.00 e. The first-order valence-electron chi connectivity index (χ1n) is 8.94. The van der Waals surface area contributed by atoms with E-state index in [2.05, 4.69) is 31.8 Å². The molecule has 0 atom stereocenters. The maximum atomic E-state index is 4.46. The van der Waals surface area contributed by atoms with Crippen LogP contribution in [-0.2, 0) is 34.1 Å². The molecular formula is C22H22Cl2Cu2N4. The number of nitrogens with zero attached hydrogens (tertiary/aromatic N) is 4. The van der Waals surface area contributed by atoms with Crippen LogP contribution in [0.25, 0.3) is 0 Å². The van der Waals surface area contributed by atoms with Crippen LogP contribution in [0, 0.1) is 12.5 Å². The summed E-state index contributed by atoms with van der Waals surface area (Å²) in [7, 11) is 0. The van der Waals surface area contributed by atoms with Gasteiger partial charge in [-0.15, -0.1) is 18.6 Å². The van der Waals surface area contributed by atoms with Crippen LogP contribution in [0.2, 0.25) is 0 Å². The maximum absolute atomic E-state index is 4.46. The molecule has 0 saturated carbocycles. The third kappa shape index (κ3) is 11.7. The number of allylic oxidation sites excluding steroid dienone is 9. The Balaban J connectivity index is 0. The van der Waals surface area contributed by atoms with Crippen LogP contribution in [-0.4, -0.2) is 51.0 Å². The quantitative estimate of drug-likeness (QED) is 0.186. The van der Waals surface area contributed by atoms with Crippen LogP contribution in [0.3, 0.4) is 0 Å². The monoisotopic (exact) mass is 538 g/mol. The second-order valence-corrected chi connectivity index (χ2v) is 5.97. The molecule has 0 aromatic carbocycles. The van der Waals surface area contributed by atoms with Gasteiger partial charge < -0.3 is 29.8 Å². The van der Waals surface area contributed by atoms with Gasteiger partial charge in [-0.2, -0.15) is 0 Å². The Labute approximate surface area is 212 Å². The number of rotatable bonds is 0. The largest absolute Gasteiger partial charge is 1.00 e. The van der Waals surface area contributed by atoms with Crippen molar-refractivity contribution in [1.29, 1.82) is 0 Å². The van der Waals surface area contributed by atoms with Gasteiger partial charge in [0.2, 0.25) is 0 Å². The predicted molar refractivity (Wildman–Crippen MR) is 111 cm³/mol. The SMILES string of the molecule is C1=C2C=C[CH-]C=1C=NCCCN=CC1=[C+]C(=CC=C1)C=NCCCN=C2.[Cl-].[Cl-].[Cu+].[Cu+]. The zero-order chi connectivity index (χ0) is 17.9. The van der Waals surface area contributed by atoms with E-state index in [0.717, 1.165) is 61.3 Å². The molecule has 30 heavy (non-hydrogen) atoms. The number of aliphatic imine (C=N–C) groups is 4.